The summed E-state index contributed by atoms with van der Waals surface area (Å²) in [5, 5.41) is 0. The molecule has 1 atom stereocenters. The van der Waals surface area contributed by atoms with E-state index in [1.54, 1.807) is 13.8 Å². The fourth-order valence-electron chi connectivity index (χ4n) is 0.914. The fourth-order valence-corrected chi connectivity index (χ4v) is 0.914. The first-order valence-electron chi connectivity index (χ1n) is 4.49. The summed E-state index contributed by atoms with van der Waals surface area (Å²) in [6, 6.07) is 0. The zero-order valence-corrected chi connectivity index (χ0v) is 8.89. The maximum Gasteiger partial charge on any atom is 0.313 e. The van der Waals surface area contributed by atoms with Crippen LogP contribution in [0.5, 0.6) is 0 Å². The molecule has 0 N–H and O–H groups in total. The first kappa shape index (κ1) is 11.9. The molecule has 0 aromatic rings. The van der Waals surface area contributed by atoms with Crippen molar-refractivity contribution in [2.24, 2.45) is 5.92 Å². The highest BCUT2D eigenvalue weighted by atomic mass is 16.5. The van der Waals surface area contributed by atoms with E-state index >= 15 is 0 Å². The van der Waals surface area contributed by atoms with Gasteiger partial charge < -0.3 is 4.74 Å². The highest BCUT2D eigenvalue weighted by Gasteiger charge is 2.15. The van der Waals surface area contributed by atoms with Crippen LogP contribution in [0.1, 0.15) is 27.7 Å². The Labute approximate surface area is 80.3 Å². The van der Waals surface area contributed by atoms with E-state index in [0.29, 0.717) is 6.61 Å². The molecular weight excluding hydrogens is 164 g/mol. The molecule has 2 nitrogen and oxygen atoms in total. The first-order valence-corrected chi connectivity index (χ1v) is 4.49. The molecular formula is C11H18O2. The van der Waals surface area contributed by atoms with Gasteiger partial charge in [-0.1, -0.05) is 18.2 Å². The molecule has 0 aromatic heterocycles. The second kappa shape index (κ2) is 5.57. The molecule has 0 radical (unpaired) electrons. The lowest BCUT2D eigenvalue weighted by Crippen LogP contribution is -2.15. The second-order valence-corrected chi connectivity index (χ2v) is 3.27. The van der Waals surface area contributed by atoms with Crippen LogP contribution in [0.4, 0.5) is 0 Å². The maximum absolute atomic E-state index is 11.3. The van der Waals surface area contributed by atoms with E-state index in [1.807, 2.05) is 19.9 Å². The van der Waals surface area contributed by atoms with Gasteiger partial charge in [0.15, 0.2) is 0 Å². The summed E-state index contributed by atoms with van der Waals surface area (Å²) in [4.78, 5) is 11.3. The number of carbonyl (C=O) groups excluding carboxylic acids is 1. The van der Waals surface area contributed by atoms with Crippen molar-refractivity contribution in [2.45, 2.75) is 27.7 Å². The summed E-state index contributed by atoms with van der Waals surface area (Å²) >= 11 is 0. The van der Waals surface area contributed by atoms with Gasteiger partial charge in [-0.15, -0.1) is 0 Å². The van der Waals surface area contributed by atoms with Crippen molar-refractivity contribution < 1.29 is 9.53 Å². The van der Waals surface area contributed by atoms with Crippen molar-refractivity contribution in [1.82, 2.24) is 0 Å². The molecule has 0 aliphatic carbocycles. The van der Waals surface area contributed by atoms with Gasteiger partial charge in [-0.2, -0.15) is 0 Å². The number of hydrogen-bond donors (Lipinski definition) is 0. The number of carbonyl (C=O) groups is 1. The highest BCUT2D eigenvalue weighted by molar-refractivity contribution is 5.76. The smallest absolute Gasteiger partial charge is 0.313 e. The molecule has 74 valence electrons. The number of ether oxygens (including phenoxy) is 1. The summed E-state index contributed by atoms with van der Waals surface area (Å²) in [5.41, 5.74) is 1.94. The molecule has 13 heavy (non-hydrogen) atoms. The van der Waals surface area contributed by atoms with Crippen molar-refractivity contribution >= 4 is 5.97 Å². The quantitative estimate of drug-likeness (QED) is 0.493. The monoisotopic (exact) mass is 182 g/mol. The van der Waals surface area contributed by atoms with Crippen molar-refractivity contribution in [3.8, 4) is 0 Å². The van der Waals surface area contributed by atoms with Gasteiger partial charge in [0.1, 0.15) is 0 Å². The minimum absolute atomic E-state index is 0.204. The van der Waals surface area contributed by atoms with E-state index in [4.69, 9.17) is 4.74 Å². The summed E-state index contributed by atoms with van der Waals surface area (Å²) in [7, 11) is 0. The van der Waals surface area contributed by atoms with E-state index in [2.05, 4.69) is 6.58 Å². The lowest BCUT2D eigenvalue weighted by Gasteiger charge is -2.10. The summed E-state index contributed by atoms with van der Waals surface area (Å²) < 4.78 is 4.88. The average Bonchev–Trinajstić information content (AvgIpc) is 2.02. The Morgan fingerprint density at radius 1 is 1.54 bits per heavy atom. The Balaban J connectivity index is 4.26. The van der Waals surface area contributed by atoms with Crippen LogP contribution in [0.25, 0.3) is 0 Å². The van der Waals surface area contributed by atoms with Crippen LogP contribution in [0.2, 0.25) is 0 Å². The lowest BCUT2D eigenvalue weighted by atomic mass is 10.0. The van der Waals surface area contributed by atoms with Crippen molar-refractivity contribution in [2.75, 3.05) is 6.61 Å². The van der Waals surface area contributed by atoms with Crippen LogP contribution in [-0.4, -0.2) is 12.6 Å². The Morgan fingerprint density at radius 2 is 2.08 bits per heavy atom. The molecule has 0 amide bonds. The van der Waals surface area contributed by atoms with E-state index in [0.717, 1.165) is 11.1 Å². The third kappa shape index (κ3) is 4.51. The fraction of sp³-hybridized carbons (Fsp3) is 0.545. The molecule has 0 saturated carbocycles. The minimum Gasteiger partial charge on any atom is -0.466 e. The zero-order valence-electron chi connectivity index (χ0n) is 8.89. The van der Waals surface area contributed by atoms with Gasteiger partial charge in [0, 0.05) is 0 Å². The van der Waals surface area contributed by atoms with E-state index in [9.17, 15) is 4.79 Å². The third-order valence-corrected chi connectivity index (χ3v) is 1.67. The Hall–Kier alpha value is -1.05. The normalized spacial score (nSPS) is 11.7. The van der Waals surface area contributed by atoms with Crippen LogP contribution in [-0.2, 0) is 9.53 Å². The SMILES string of the molecule is C=C(C=C(C)C)C(C)C(=O)OCC. The molecule has 0 bridgehead atoms. The molecule has 1 unspecified atom stereocenters. The molecule has 0 saturated heterocycles. The molecule has 2 heteroatoms. The number of rotatable bonds is 4. The molecule has 0 aromatic carbocycles. The van der Waals surface area contributed by atoms with Gasteiger partial charge in [-0.3, -0.25) is 4.79 Å². The van der Waals surface area contributed by atoms with Crippen molar-refractivity contribution in [3.05, 3.63) is 23.8 Å². The summed E-state index contributed by atoms with van der Waals surface area (Å²) in [6.07, 6.45) is 1.90. The van der Waals surface area contributed by atoms with Gasteiger partial charge >= 0.3 is 5.97 Å². The first-order chi connectivity index (χ1) is 5.99. The predicted molar refractivity (Wildman–Crippen MR) is 54.4 cm³/mol. The molecule has 0 aliphatic heterocycles. The standard InChI is InChI=1S/C11H18O2/c1-6-13-11(12)10(5)9(4)7-8(2)3/h7,10H,4,6H2,1-3,5H3. The highest BCUT2D eigenvalue weighted by Crippen LogP contribution is 2.13. The molecule has 0 heterocycles. The van der Waals surface area contributed by atoms with Gasteiger partial charge in [-0.25, -0.2) is 0 Å². The van der Waals surface area contributed by atoms with Gasteiger partial charge in [0.2, 0.25) is 0 Å². The molecule has 0 aliphatic rings. The van der Waals surface area contributed by atoms with Crippen LogP contribution >= 0.6 is 0 Å². The van der Waals surface area contributed by atoms with Crippen LogP contribution in [0.15, 0.2) is 23.8 Å². The number of hydrogen-bond acceptors (Lipinski definition) is 2. The summed E-state index contributed by atoms with van der Waals surface area (Å²) in [6.45, 7) is 11.8. The maximum atomic E-state index is 11.3. The van der Waals surface area contributed by atoms with Gasteiger partial charge in [-0.05, 0) is 33.3 Å². The minimum atomic E-state index is -0.241. The zero-order chi connectivity index (χ0) is 10.4. The average molecular weight is 182 g/mol. The van der Waals surface area contributed by atoms with Crippen LogP contribution in [0.3, 0.4) is 0 Å². The largest absolute Gasteiger partial charge is 0.466 e. The molecule has 0 rings (SSSR count). The number of allylic oxidation sites excluding steroid dienone is 2. The Kier molecular flexibility index (Phi) is 5.12. The van der Waals surface area contributed by atoms with E-state index in [-0.39, 0.29) is 11.9 Å². The van der Waals surface area contributed by atoms with Crippen LogP contribution in [0, 0.1) is 5.92 Å². The Bertz CT molecular complexity index is 222. The molecule has 0 spiro atoms. The van der Waals surface area contributed by atoms with Crippen LogP contribution < -0.4 is 0 Å². The van der Waals surface area contributed by atoms with Gasteiger partial charge in [0.25, 0.3) is 0 Å². The topological polar surface area (TPSA) is 26.3 Å². The second-order valence-electron chi connectivity index (χ2n) is 3.27. The summed E-state index contributed by atoms with van der Waals surface area (Å²) in [5.74, 6) is -0.445. The number of esters is 1. The van der Waals surface area contributed by atoms with E-state index in [1.165, 1.54) is 0 Å². The third-order valence-electron chi connectivity index (χ3n) is 1.67. The van der Waals surface area contributed by atoms with E-state index < -0.39 is 0 Å². The van der Waals surface area contributed by atoms with Crippen molar-refractivity contribution in [1.29, 1.82) is 0 Å². The Morgan fingerprint density at radius 3 is 2.46 bits per heavy atom. The van der Waals surface area contributed by atoms with Crippen molar-refractivity contribution in [3.63, 3.8) is 0 Å². The predicted octanol–water partition coefficient (Wildman–Crippen LogP) is 2.71. The lowest BCUT2D eigenvalue weighted by molar-refractivity contribution is -0.145. The van der Waals surface area contributed by atoms with Gasteiger partial charge in [0.05, 0.1) is 12.5 Å². The molecule has 0 fully saturated rings.